The largest absolute Gasteiger partial charge is 0.147 e. The number of nitrogens with zero attached hydrogens (tertiary/aromatic N) is 1. The summed E-state index contributed by atoms with van der Waals surface area (Å²) in [5.74, 6) is 0. The monoisotopic (exact) mass is 201 g/mol. The third-order valence-corrected chi connectivity index (χ3v) is 2.12. The van der Waals surface area contributed by atoms with Crippen molar-refractivity contribution in [2.45, 2.75) is 13.8 Å². The van der Waals surface area contributed by atoms with E-state index in [4.69, 9.17) is 0 Å². The summed E-state index contributed by atoms with van der Waals surface area (Å²) >= 11 is 1.79. The Bertz CT molecular complexity index is 30.9. The molecule has 7 heavy (non-hydrogen) atoms. The summed E-state index contributed by atoms with van der Waals surface area (Å²) in [6, 6.07) is 0. The molecule has 0 radical (unpaired) electrons. The molecule has 44 valence electrons. The second-order valence-corrected chi connectivity index (χ2v) is 2.53. The summed E-state index contributed by atoms with van der Waals surface area (Å²) in [7, 11) is 0. The molecule has 0 atom stereocenters. The predicted molar refractivity (Wildman–Crippen MR) is 30.2 cm³/mol. The van der Waals surface area contributed by atoms with Crippen LogP contribution in [0.1, 0.15) is 13.8 Å². The smallest absolute Gasteiger partial charge is 0.147 e. The molecule has 0 fully saturated rings. The van der Waals surface area contributed by atoms with Gasteiger partial charge in [0, 0.05) is 0 Å². The van der Waals surface area contributed by atoms with Gasteiger partial charge in [-0.1, -0.05) is 0 Å². The molecule has 0 spiro atoms. The molecule has 0 aromatic carbocycles. The Kier molecular flexibility index (Phi) is 10.9. The van der Waals surface area contributed by atoms with E-state index >= 15 is 0 Å². The Balaban J connectivity index is 0. The molecule has 0 rings (SSSR count). The van der Waals surface area contributed by atoms with Crippen molar-refractivity contribution in [3.63, 3.8) is 0 Å². The third-order valence-electron chi connectivity index (χ3n) is 0.730. The second kappa shape index (κ2) is 6.99. The van der Waals surface area contributed by atoms with E-state index in [-0.39, 0.29) is 12.4 Å². The van der Waals surface area contributed by atoms with Crippen LogP contribution in [0.5, 0.6) is 0 Å². The summed E-state index contributed by atoms with van der Waals surface area (Å²) in [5, 5.41) is 0. The van der Waals surface area contributed by atoms with E-state index in [1.807, 2.05) is 0 Å². The average Bonchev–Trinajstić information content (AvgIpc) is 1.65. The minimum atomic E-state index is 0. The van der Waals surface area contributed by atoms with Gasteiger partial charge in [-0.2, -0.15) is 0 Å². The van der Waals surface area contributed by atoms with Crippen molar-refractivity contribution in [2.24, 2.45) is 0 Å². The Hall–Kier alpha value is 0.990. The van der Waals surface area contributed by atoms with Gasteiger partial charge in [0.15, 0.2) is 0 Å². The van der Waals surface area contributed by atoms with E-state index in [9.17, 15) is 0 Å². The van der Waals surface area contributed by atoms with Crippen LogP contribution >= 0.6 is 12.4 Å². The molecule has 0 aliphatic rings. The van der Waals surface area contributed by atoms with Crippen LogP contribution in [-0.4, -0.2) is 16.4 Å². The molecular formula is C4H11ClNNb. The maximum absolute atomic E-state index is 2.30. The molecule has 1 nitrogen and oxygen atoms in total. The number of hydrogen-bond donors (Lipinski definition) is 0. The van der Waals surface area contributed by atoms with Crippen LogP contribution in [-0.2, 0) is 21.3 Å². The van der Waals surface area contributed by atoms with Crippen molar-refractivity contribution in [2.75, 3.05) is 13.1 Å². The molecule has 3 heteroatoms. The maximum Gasteiger partial charge on any atom is -0.147 e. The molecule has 0 amide bonds. The molecular weight excluding hydrogens is 190 g/mol. The van der Waals surface area contributed by atoms with Crippen LogP contribution in [0.2, 0.25) is 0 Å². The Morgan fingerprint density at radius 1 is 1.29 bits per heavy atom. The second-order valence-electron chi connectivity index (χ2n) is 1.14. The first kappa shape index (κ1) is 10.9. The third kappa shape index (κ3) is 6.99. The van der Waals surface area contributed by atoms with Gasteiger partial charge in [0.1, 0.15) is 0 Å². The van der Waals surface area contributed by atoms with E-state index in [1.54, 1.807) is 21.3 Å². The average molecular weight is 201 g/mol. The number of halogens is 1. The molecule has 0 saturated carbocycles. The molecule has 0 saturated heterocycles. The molecule has 0 aromatic heterocycles. The zero-order chi connectivity index (χ0) is 4.99. The predicted octanol–water partition coefficient (Wildman–Crippen LogP) is 1.21. The number of hydrogen-bond acceptors (Lipinski definition) is 1. The summed E-state index contributed by atoms with van der Waals surface area (Å²) in [4.78, 5) is 0. The SMILES string of the molecule is CC[N]([Nb])CC.Cl. The standard InChI is InChI=1S/C4H10N.ClH.Nb/c1-3-5-4-2;;/h3-4H2,1-2H3;1H;/q-1;;+1. The fraction of sp³-hybridized carbons (Fsp3) is 1.00. The first-order valence-corrected chi connectivity index (χ1v) is 3.23. The fourth-order valence-electron chi connectivity index (χ4n) is 0.224. The Labute approximate surface area is 64.1 Å². The first-order valence-electron chi connectivity index (χ1n) is 2.25. The van der Waals surface area contributed by atoms with Gasteiger partial charge < -0.3 is 0 Å². The van der Waals surface area contributed by atoms with E-state index in [1.165, 1.54) is 13.1 Å². The van der Waals surface area contributed by atoms with Crippen molar-refractivity contribution < 1.29 is 21.3 Å². The van der Waals surface area contributed by atoms with Crippen LogP contribution in [0.25, 0.3) is 0 Å². The maximum atomic E-state index is 2.30. The quantitative estimate of drug-likeness (QED) is 0.607. The molecule has 0 aromatic rings. The first-order chi connectivity index (χ1) is 2.81. The van der Waals surface area contributed by atoms with Crippen molar-refractivity contribution in [3.8, 4) is 0 Å². The van der Waals surface area contributed by atoms with E-state index in [0.717, 1.165) is 0 Å². The number of rotatable bonds is 2. The molecule has 0 bridgehead atoms. The minimum absolute atomic E-state index is 0. The van der Waals surface area contributed by atoms with Crippen LogP contribution < -0.4 is 0 Å². The van der Waals surface area contributed by atoms with Gasteiger partial charge in [-0.15, -0.1) is 12.4 Å². The normalized spacial score (nSPS) is 8.43. The minimum Gasteiger partial charge on any atom is -0.147 e. The van der Waals surface area contributed by atoms with Crippen LogP contribution in [0.4, 0.5) is 0 Å². The van der Waals surface area contributed by atoms with E-state index in [0.29, 0.717) is 0 Å². The van der Waals surface area contributed by atoms with E-state index < -0.39 is 0 Å². The fourth-order valence-corrected chi connectivity index (χ4v) is 0.224. The van der Waals surface area contributed by atoms with Gasteiger partial charge in [0.05, 0.1) is 0 Å². The molecule has 0 unspecified atom stereocenters. The molecule has 0 heterocycles. The van der Waals surface area contributed by atoms with Crippen molar-refractivity contribution in [1.29, 1.82) is 0 Å². The van der Waals surface area contributed by atoms with Gasteiger partial charge >= 0.3 is 51.6 Å². The molecule has 0 aliphatic carbocycles. The summed E-state index contributed by atoms with van der Waals surface area (Å²) in [5.41, 5.74) is 0. The van der Waals surface area contributed by atoms with Gasteiger partial charge in [-0.05, 0) is 0 Å². The van der Waals surface area contributed by atoms with Gasteiger partial charge in [0.2, 0.25) is 0 Å². The zero-order valence-electron chi connectivity index (χ0n) is 4.72. The van der Waals surface area contributed by atoms with Gasteiger partial charge in [0.25, 0.3) is 0 Å². The Morgan fingerprint density at radius 3 is 1.57 bits per heavy atom. The summed E-state index contributed by atoms with van der Waals surface area (Å²) in [6.45, 7) is 6.71. The summed E-state index contributed by atoms with van der Waals surface area (Å²) < 4.78 is 2.30. The van der Waals surface area contributed by atoms with Crippen LogP contribution in [0.15, 0.2) is 0 Å². The van der Waals surface area contributed by atoms with Gasteiger partial charge in [-0.25, -0.2) is 0 Å². The molecule has 0 aliphatic heterocycles. The zero-order valence-corrected chi connectivity index (χ0v) is 7.73. The van der Waals surface area contributed by atoms with Crippen molar-refractivity contribution in [1.82, 2.24) is 3.30 Å². The van der Waals surface area contributed by atoms with Crippen LogP contribution in [0.3, 0.4) is 0 Å². The Morgan fingerprint density at radius 2 is 1.57 bits per heavy atom. The topological polar surface area (TPSA) is 3.24 Å². The van der Waals surface area contributed by atoms with E-state index in [2.05, 4.69) is 17.2 Å². The van der Waals surface area contributed by atoms with Crippen LogP contribution in [0, 0.1) is 0 Å². The van der Waals surface area contributed by atoms with Gasteiger partial charge in [-0.3, -0.25) is 0 Å². The van der Waals surface area contributed by atoms with Crippen molar-refractivity contribution >= 4 is 12.4 Å². The summed E-state index contributed by atoms with van der Waals surface area (Å²) in [6.07, 6.45) is 0. The molecule has 0 N–H and O–H groups in total. The van der Waals surface area contributed by atoms with Crippen molar-refractivity contribution in [3.05, 3.63) is 0 Å².